The Labute approximate surface area is 107 Å². The summed E-state index contributed by atoms with van der Waals surface area (Å²) in [5.41, 5.74) is -2.51. The smallest absolute Gasteiger partial charge is 0.366 e. The summed E-state index contributed by atoms with van der Waals surface area (Å²) >= 11 is 0. The number of halogens is 5. The van der Waals surface area contributed by atoms with E-state index < -0.39 is 30.1 Å². The van der Waals surface area contributed by atoms with Gasteiger partial charge in [0.25, 0.3) is 0 Å². The molecule has 0 spiro atoms. The first-order valence-electron chi connectivity index (χ1n) is 5.86. The molecule has 19 heavy (non-hydrogen) atoms. The van der Waals surface area contributed by atoms with Gasteiger partial charge in [-0.3, -0.25) is 0 Å². The third kappa shape index (κ3) is 2.45. The molecule has 1 heterocycles. The normalized spacial score (nSPS) is 36.5. The summed E-state index contributed by atoms with van der Waals surface area (Å²) in [6.45, 7) is 3.14. The maximum Gasteiger partial charge on any atom is 0.449 e. The van der Waals surface area contributed by atoms with Crippen molar-refractivity contribution < 1.29 is 36.5 Å². The first-order chi connectivity index (χ1) is 8.41. The molecule has 1 fully saturated rings. The van der Waals surface area contributed by atoms with Crippen LogP contribution in [0.4, 0.5) is 22.0 Å². The minimum atomic E-state index is -5.60. The zero-order valence-corrected chi connectivity index (χ0v) is 10.9. The van der Waals surface area contributed by atoms with Crippen LogP contribution in [0.3, 0.4) is 0 Å². The van der Waals surface area contributed by atoms with Crippen molar-refractivity contribution in [2.24, 2.45) is 5.92 Å². The van der Waals surface area contributed by atoms with Gasteiger partial charge < -0.3 is 14.6 Å². The van der Waals surface area contributed by atoms with Gasteiger partial charge in [-0.1, -0.05) is 20.3 Å². The van der Waals surface area contributed by atoms with E-state index in [0.29, 0.717) is 6.42 Å². The van der Waals surface area contributed by atoms with E-state index in [9.17, 15) is 22.0 Å². The van der Waals surface area contributed by atoms with Gasteiger partial charge in [0.1, 0.15) is 0 Å². The average molecular weight is 292 g/mol. The Morgan fingerprint density at radius 1 is 1.37 bits per heavy atom. The molecule has 0 bridgehead atoms. The molecular formula is C11H17F5O3. The second-order valence-electron chi connectivity index (χ2n) is 5.06. The zero-order chi connectivity index (χ0) is 15.1. The fourth-order valence-electron chi connectivity index (χ4n) is 1.62. The Morgan fingerprint density at radius 2 is 1.89 bits per heavy atom. The first kappa shape index (κ1) is 16.6. The second-order valence-corrected chi connectivity index (χ2v) is 5.06. The maximum atomic E-state index is 13.9. The predicted molar refractivity (Wildman–Crippen MR) is 55.7 cm³/mol. The molecule has 1 saturated heterocycles. The number of aliphatic hydroxyl groups is 1. The largest absolute Gasteiger partial charge is 0.449 e. The molecule has 1 aliphatic rings. The van der Waals surface area contributed by atoms with Gasteiger partial charge in [0.05, 0.1) is 13.2 Å². The Morgan fingerprint density at radius 3 is 2.26 bits per heavy atom. The van der Waals surface area contributed by atoms with Crippen LogP contribution < -0.4 is 0 Å². The van der Waals surface area contributed by atoms with Gasteiger partial charge in [0, 0.05) is 0 Å². The number of hydrogen-bond acceptors (Lipinski definition) is 3. The van der Waals surface area contributed by atoms with Crippen LogP contribution in [0.15, 0.2) is 0 Å². The fraction of sp³-hybridized carbons (Fsp3) is 1.00. The molecule has 114 valence electrons. The van der Waals surface area contributed by atoms with E-state index in [2.05, 4.69) is 4.74 Å². The van der Waals surface area contributed by atoms with Crippen molar-refractivity contribution in [1.82, 2.24) is 0 Å². The number of hydrogen-bond donors (Lipinski definition) is 1. The van der Waals surface area contributed by atoms with Crippen LogP contribution in [-0.2, 0) is 9.47 Å². The topological polar surface area (TPSA) is 38.7 Å². The van der Waals surface area contributed by atoms with Crippen molar-refractivity contribution >= 4 is 0 Å². The summed E-state index contributed by atoms with van der Waals surface area (Å²) in [6.07, 6.45) is -4.97. The van der Waals surface area contributed by atoms with Gasteiger partial charge in [-0.15, -0.1) is 0 Å². The van der Waals surface area contributed by atoms with Crippen molar-refractivity contribution in [2.75, 3.05) is 13.2 Å². The molecule has 0 aliphatic carbocycles. The molecule has 0 aromatic carbocycles. The molecule has 1 N–H and O–H groups in total. The van der Waals surface area contributed by atoms with Crippen molar-refractivity contribution in [3.05, 3.63) is 0 Å². The Hall–Kier alpha value is -0.470. The van der Waals surface area contributed by atoms with E-state index in [1.807, 2.05) is 0 Å². The van der Waals surface area contributed by atoms with Gasteiger partial charge in [0.15, 0.2) is 5.60 Å². The van der Waals surface area contributed by atoms with Crippen molar-refractivity contribution in [2.45, 2.75) is 50.7 Å². The SMILES string of the molecule is CCC(C)COC1(C)COC(O)(C(F)(F)F)C1(F)F. The molecule has 8 heteroatoms. The lowest BCUT2D eigenvalue weighted by molar-refractivity contribution is -0.410. The molecule has 0 radical (unpaired) electrons. The van der Waals surface area contributed by atoms with E-state index in [0.717, 1.165) is 6.92 Å². The molecule has 1 rings (SSSR count). The highest BCUT2D eigenvalue weighted by molar-refractivity contribution is 5.09. The first-order valence-corrected chi connectivity index (χ1v) is 5.86. The number of alkyl halides is 5. The summed E-state index contributed by atoms with van der Waals surface area (Å²) in [7, 11) is 0. The lowest BCUT2D eigenvalue weighted by Crippen LogP contribution is -2.63. The third-order valence-electron chi connectivity index (χ3n) is 3.41. The van der Waals surface area contributed by atoms with Gasteiger partial charge in [0.2, 0.25) is 0 Å². The van der Waals surface area contributed by atoms with Crippen LogP contribution in [0, 0.1) is 5.92 Å². The molecule has 1 aliphatic heterocycles. The van der Waals surface area contributed by atoms with Crippen LogP contribution in [-0.4, -0.2) is 41.8 Å². The molecule has 3 atom stereocenters. The Kier molecular flexibility index (Phi) is 4.21. The maximum absolute atomic E-state index is 13.9. The lowest BCUT2D eigenvalue weighted by atomic mass is 9.94. The summed E-state index contributed by atoms with van der Waals surface area (Å²) in [5.74, 6) is -9.19. The van der Waals surface area contributed by atoms with E-state index in [4.69, 9.17) is 9.84 Å². The second kappa shape index (κ2) is 4.82. The van der Waals surface area contributed by atoms with Crippen LogP contribution in [0.1, 0.15) is 27.2 Å². The van der Waals surface area contributed by atoms with Crippen molar-refractivity contribution in [3.8, 4) is 0 Å². The Balaban J connectivity index is 2.95. The fourth-order valence-corrected chi connectivity index (χ4v) is 1.62. The number of rotatable bonds is 4. The minimum Gasteiger partial charge on any atom is -0.366 e. The van der Waals surface area contributed by atoms with E-state index in [1.165, 1.54) is 0 Å². The van der Waals surface area contributed by atoms with Gasteiger partial charge >= 0.3 is 17.9 Å². The quantitative estimate of drug-likeness (QED) is 0.810. The van der Waals surface area contributed by atoms with Crippen LogP contribution in [0.5, 0.6) is 0 Å². The monoisotopic (exact) mass is 292 g/mol. The molecule has 0 amide bonds. The lowest BCUT2D eigenvalue weighted by Gasteiger charge is -2.36. The van der Waals surface area contributed by atoms with E-state index in [-0.39, 0.29) is 12.5 Å². The van der Waals surface area contributed by atoms with E-state index >= 15 is 0 Å². The molecule has 0 aromatic rings. The summed E-state index contributed by atoms with van der Waals surface area (Å²) < 4.78 is 74.2. The van der Waals surface area contributed by atoms with Crippen molar-refractivity contribution in [3.63, 3.8) is 0 Å². The summed E-state index contributed by atoms with van der Waals surface area (Å²) in [5, 5.41) is 9.14. The average Bonchev–Trinajstić information content (AvgIpc) is 2.48. The van der Waals surface area contributed by atoms with Gasteiger partial charge in [-0.05, 0) is 12.8 Å². The summed E-state index contributed by atoms with van der Waals surface area (Å²) in [6, 6.07) is 0. The van der Waals surface area contributed by atoms with Crippen LogP contribution >= 0.6 is 0 Å². The molecular weight excluding hydrogens is 275 g/mol. The van der Waals surface area contributed by atoms with Gasteiger partial charge in [-0.25, -0.2) is 0 Å². The standard InChI is InChI=1S/C11H17F5O3/c1-4-7(2)5-18-8(3)6-19-10(17,9(8,12)13)11(14,15)16/h7,17H,4-6H2,1-3H3. The Bertz CT molecular complexity index is 333. The highest BCUT2D eigenvalue weighted by atomic mass is 19.4. The van der Waals surface area contributed by atoms with Crippen molar-refractivity contribution in [1.29, 1.82) is 0 Å². The highest BCUT2D eigenvalue weighted by Crippen LogP contribution is 2.54. The molecule has 3 nitrogen and oxygen atoms in total. The third-order valence-corrected chi connectivity index (χ3v) is 3.41. The number of ether oxygens (including phenoxy) is 2. The van der Waals surface area contributed by atoms with Gasteiger partial charge in [-0.2, -0.15) is 22.0 Å². The minimum absolute atomic E-state index is 0.0906. The van der Waals surface area contributed by atoms with E-state index in [1.54, 1.807) is 13.8 Å². The molecule has 0 saturated carbocycles. The zero-order valence-electron chi connectivity index (χ0n) is 10.9. The summed E-state index contributed by atoms with van der Waals surface area (Å²) in [4.78, 5) is 0. The highest BCUT2D eigenvalue weighted by Gasteiger charge is 2.81. The van der Waals surface area contributed by atoms with Crippen LogP contribution in [0.25, 0.3) is 0 Å². The molecule has 3 unspecified atom stereocenters. The van der Waals surface area contributed by atoms with Crippen LogP contribution in [0.2, 0.25) is 0 Å². The molecule has 0 aromatic heterocycles. The predicted octanol–water partition coefficient (Wildman–Crippen LogP) is 2.72.